The summed E-state index contributed by atoms with van der Waals surface area (Å²) in [6, 6.07) is 0.645. The number of nitrogens with two attached hydrogens (primary N) is 1. The Bertz CT molecular complexity index is 245. The van der Waals surface area contributed by atoms with E-state index in [9.17, 15) is 4.79 Å². The molecule has 0 aromatic carbocycles. The Labute approximate surface area is 112 Å². The van der Waals surface area contributed by atoms with E-state index in [1.54, 1.807) is 0 Å². The molecule has 0 aromatic heterocycles. The molecule has 0 unspecified atom stereocenters. The van der Waals surface area contributed by atoms with Crippen molar-refractivity contribution in [2.75, 3.05) is 6.54 Å². The van der Waals surface area contributed by atoms with Crippen LogP contribution in [0.15, 0.2) is 0 Å². The molecule has 3 heteroatoms. The van der Waals surface area contributed by atoms with Gasteiger partial charge in [0, 0.05) is 24.5 Å². The summed E-state index contributed by atoms with van der Waals surface area (Å²) in [7, 11) is 0. The second-order valence-electron chi connectivity index (χ2n) is 5.94. The van der Waals surface area contributed by atoms with E-state index in [0.717, 1.165) is 38.6 Å². The molecule has 18 heavy (non-hydrogen) atoms. The van der Waals surface area contributed by atoms with Crippen molar-refractivity contribution in [1.82, 2.24) is 4.90 Å². The fraction of sp³-hybridized carbons (Fsp3) is 0.933. The van der Waals surface area contributed by atoms with E-state index in [1.807, 2.05) is 0 Å². The fourth-order valence-electron chi connectivity index (χ4n) is 2.76. The number of carbonyl (C=O) groups excluding carboxylic acids is 1. The quantitative estimate of drug-likeness (QED) is 0.741. The molecule has 1 aliphatic rings. The molecule has 0 spiro atoms. The van der Waals surface area contributed by atoms with Crippen molar-refractivity contribution in [3.05, 3.63) is 0 Å². The van der Waals surface area contributed by atoms with Gasteiger partial charge < -0.3 is 10.6 Å². The van der Waals surface area contributed by atoms with Crippen molar-refractivity contribution in [2.24, 2.45) is 11.7 Å². The van der Waals surface area contributed by atoms with Gasteiger partial charge in [-0.1, -0.05) is 19.8 Å². The van der Waals surface area contributed by atoms with Gasteiger partial charge in [-0.05, 0) is 46.0 Å². The Balaban J connectivity index is 2.48. The standard InChI is InChI=1S/C15H30N2O/c1-4-5-6-11-17(12(2)3)15(18)13-7-9-14(16)10-8-13/h12-14H,4-11,16H2,1-3H3. The average molecular weight is 254 g/mol. The van der Waals surface area contributed by atoms with Crippen molar-refractivity contribution in [2.45, 2.75) is 77.8 Å². The Kier molecular flexibility index (Phi) is 6.69. The predicted octanol–water partition coefficient (Wildman–Crippen LogP) is 2.93. The van der Waals surface area contributed by atoms with Gasteiger partial charge in [0.1, 0.15) is 0 Å². The van der Waals surface area contributed by atoms with E-state index < -0.39 is 0 Å². The zero-order valence-corrected chi connectivity index (χ0v) is 12.3. The van der Waals surface area contributed by atoms with Crippen LogP contribution in [-0.2, 0) is 4.79 Å². The first-order chi connectivity index (χ1) is 8.56. The van der Waals surface area contributed by atoms with Crippen molar-refractivity contribution >= 4 is 5.91 Å². The Hall–Kier alpha value is -0.570. The maximum absolute atomic E-state index is 12.5. The monoisotopic (exact) mass is 254 g/mol. The Morgan fingerprint density at radius 1 is 1.22 bits per heavy atom. The van der Waals surface area contributed by atoms with E-state index in [0.29, 0.717) is 18.0 Å². The van der Waals surface area contributed by atoms with Gasteiger partial charge >= 0.3 is 0 Å². The third kappa shape index (κ3) is 4.60. The van der Waals surface area contributed by atoms with Gasteiger partial charge in [-0.3, -0.25) is 4.79 Å². The highest BCUT2D eigenvalue weighted by Crippen LogP contribution is 2.25. The summed E-state index contributed by atoms with van der Waals surface area (Å²) in [4.78, 5) is 14.6. The second kappa shape index (κ2) is 7.78. The van der Waals surface area contributed by atoms with E-state index >= 15 is 0 Å². The number of nitrogens with zero attached hydrogens (tertiary/aromatic N) is 1. The van der Waals surface area contributed by atoms with Crippen molar-refractivity contribution in [1.29, 1.82) is 0 Å². The lowest BCUT2D eigenvalue weighted by molar-refractivity contribution is -0.138. The molecule has 1 fully saturated rings. The van der Waals surface area contributed by atoms with Gasteiger partial charge in [0.25, 0.3) is 0 Å². The molecule has 0 saturated heterocycles. The van der Waals surface area contributed by atoms with Gasteiger partial charge in [-0.25, -0.2) is 0 Å². The van der Waals surface area contributed by atoms with E-state index in [1.165, 1.54) is 12.8 Å². The van der Waals surface area contributed by atoms with E-state index in [-0.39, 0.29) is 5.92 Å². The lowest BCUT2D eigenvalue weighted by atomic mass is 9.85. The lowest BCUT2D eigenvalue weighted by Gasteiger charge is -2.33. The van der Waals surface area contributed by atoms with Crippen LogP contribution in [-0.4, -0.2) is 29.4 Å². The third-order valence-corrected chi connectivity index (χ3v) is 4.03. The van der Waals surface area contributed by atoms with Crippen LogP contribution in [0.25, 0.3) is 0 Å². The molecule has 0 aromatic rings. The van der Waals surface area contributed by atoms with Crippen LogP contribution in [0.4, 0.5) is 0 Å². The van der Waals surface area contributed by atoms with Crippen molar-refractivity contribution in [3.63, 3.8) is 0 Å². The van der Waals surface area contributed by atoms with Crippen molar-refractivity contribution in [3.8, 4) is 0 Å². The second-order valence-corrected chi connectivity index (χ2v) is 5.94. The minimum Gasteiger partial charge on any atom is -0.340 e. The number of amides is 1. The Morgan fingerprint density at radius 2 is 1.83 bits per heavy atom. The zero-order chi connectivity index (χ0) is 13.5. The van der Waals surface area contributed by atoms with E-state index in [4.69, 9.17) is 5.73 Å². The van der Waals surface area contributed by atoms with Gasteiger partial charge in [-0.2, -0.15) is 0 Å². The van der Waals surface area contributed by atoms with Gasteiger partial charge in [0.05, 0.1) is 0 Å². The molecule has 0 radical (unpaired) electrons. The molecule has 0 bridgehead atoms. The highest BCUT2D eigenvalue weighted by molar-refractivity contribution is 5.79. The van der Waals surface area contributed by atoms with E-state index in [2.05, 4.69) is 25.7 Å². The first-order valence-electron chi connectivity index (χ1n) is 7.62. The summed E-state index contributed by atoms with van der Waals surface area (Å²) in [5.74, 6) is 0.599. The summed E-state index contributed by atoms with van der Waals surface area (Å²) in [5.41, 5.74) is 5.91. The van der Waals surface area contributed by atoms with Gasteiger partial charge in [-0.15, -0.1) is 0 Å². The number of carbonyl (C=O) groups is 1. The summed E-state index contributed by atoms with van der Waals surface area (Å²) in [6.45, 7) is 7.37. The average Bonchev–Trinajstić information content (AvgIpc) is 2.34. The largest absolute Gasteiger partial charge is 0.340 e. The van der Waals surface area contributed by atoms with Crippen LogP contribution in [0, 0.1) is 5.92 Å². The maximum Gasteiger partial charge on any atom is 0.225 e. The molecule has 3 nitrogen and oxygen atoms in total. The molecule has 0 aliphatic heterocycles. The summed E-state index contributed by atoms with van der Waals surface area (Å²) in [5, 5.41) is 0. The summed E-state index contributed by atoms with van der Waals surface area (Å²) < 4.78 is 0. The van der Waals surface area contributed by atoms with Crippen LogP contribution in [0.2, 0.25) is 0 Å². The topological polar surface area (TPSA) is 46.3 Å². The van der Waals surface area contributed by atoms with Crippen LogP contribution < -0.4 is 5.73 Å². The molecule has 1 amide bonds. The number of hydrogen-bond donors (Lipinski definition) is 1. The Morgan fingerprint density at radius 3 is 2.33 bits per heavy atom. The first-order valence-corrected chi connectivity index (χ1v) is 7.62. The smallest absolute Gasteiger partial charge is 0.225 e. The van der Waals surface area contributed by atoms with Gasteiger partial charge in [0.15, 0.2) is 0 Å². The number of hydrogen-bond acceptors (Lipinski definition) is 2. The minimum absolute atomic E-state index is 0.230. The normalized spacial score (nSPS) is 24.3. The molecule has 1 saturated carbocycles. The molecule has 0 atom stereocenters. The lowest BCUT2D eigenvalue weighted by Crippen LogP contribution is -2.43. The molecule has 1 aliphatic carbocycles. The highest BCUT2D eigenvalue weighted by Gasteiger charge is 2.29. The number of rotatable bonds is 6. The summed E-state index contributed by atoms with van der Waals surface area (Å²) in [6.07, 6.45) is 7.54. The molecule has 106 valence electrons. The number of unbranched alkanes of at least 4 members (excludes halogenated alkanes) is 2. The van der Waals surface area contributed by atoms with Gasteiger partial charge in [0.2, 0.25) is 5.91 Å². The van der Waals surface area contributed by atoms with Crippen LogP contribution in [0.3, 0.4) is 0 Å². The predicted molar refractivity (Wildman–Crippen MR) is 76.3 cm³/mol. The van der Waals surface area contributed by atoms with Crippen LogP contribution >= 0.6 is 0 Å². The maximum atomic E-state index is 12.5. The molecule has 2 N–H and O–H groups in total. The molecule has 1 rings (SSSR count). The molecular weight excluding hydrogens is 224 g/mol. The molecular formula is C15H30N2O. The SMILES string of the molecule is CCCCCN(C(=O)C1CCC(N)CC1)C(C)C. The van der Waals surface area contributed by atoms with Crippen molar-refractivity contribution < 1.29 is 4.79 Å². The zero-order valence-electron chi connectivity index (χ0n) is 12.3. The highest BCUT2D eigenvalue weighted by atomic mass is 16.2. The first kappa shape index (κ1) is 15.5. The molecule has 0 heterocycles. The van der Waals surface area contributed by atoms with Crippen LogP contribution in [0.5, 0.6) is 0 Å². The minimum atomic E-state index is 0.230. The third-order valence-electron chi connectivity index (χ3n) is 4.03. The fourth-order valence-corrected chi connectivity index (χ4v) is 2.76. The summed E-state index contributed by atoms with van der Waals surface area (Å²) >= 11 is 0. The van der Waals surface area contributed by atoms with Crippen LogP contribution in [0.1, 0.15) is 65.7 Å².